The van der Waals surface area contributed by atoms with E-state index in [0.717, 1.165) is 51.6 Å². The molecule has 2 aliphatic heterocycles. The van der Waals surface area contributed by atoms with Crippen LogP contribution in [0.25, 0.3) is 0 Å². The molecule has 1 aliphatic carbocycles. The van der Waals surface area contributed by atoms with Gasteiger partial charge in [0.1, 0.15) is 5.78 Å². The van der Waals surface area contributed by atoms with Gasteiger partial charge < -0.3 is 5.32 Å². The third-order valence-electron chi connectivity index (χ3n) is 4.88. The van der Waals surface area contributed by atoms with Crippen molar-refractivity contribution in [2.24, 2.45) is 5.92 Å². The van der Waals surface area contributed by atoms with E-state index in [-0.39, 0.29) is 5.91 Å². The average molecular weight is 250 g/mol. The van der Waals surface area contributed by atoms with Gasteiger partial charge in [0.05, 0.1) is 0 Å². The van der Waals surface area contributed by atoms with Gasteiger partial charge in [-0.2, -0.15) is 0 Å². The van der Waals surface area contributed by atoms with Gasteiger partial charge in [-0.3, -0.25) is 14.5 Å². The molecule has 0 bridgehead atoms. The number of likely N-dealkylation sites (tertiary alicyclic amines) is 1. The molecule has 0 spiro atoms. The van der Waals surface area contributed by atoms with Crippen molar-refractivity contribution in [1.82, 2.24) is 10.2 Å². The second-order valence-corrected chi connectivity index (χ2v) is 6.03. The number of amides is 1. The highest BCUT2D eigenvalue weighted by Crippen LogP contribution is 2.29. The molecular formula is C14H22N2O2. The van der Waals surface area contributed by atoms with Crippen LogP contribution in [0.2, 0.25) is 0 Å². The van der Waals surface area contributed by atoms with Crippen LogP contribution in [0, 0.1) is 5.92 Å². The van der Waals surface area contributed by atoms with Crippen LogP contribution in [-0.2, 0) is 9.59 Å². The van der Waals surface area contributed by atoms with Gasteiger partial charge in [-0.05, 0) is 31.6 Å². The minimum Gasteiger partial charge on any atom is -0.353 e. The topological polar surface area (TPSA) is 49.4 Å². The van der Waals surface area contributed by atoms with Crippen molar-refractivity contribution in [3.8, 4) is 0 Å². The molecule has 100 valence electrons. The fourth-order valence-corrected chi connectivity index (χ4v) is 3.76. The van der Waals surface area contributed by atoms with E-state index in [1.807, 2.05) is 0 Å². The van der Waals surface area contributed by atoms with E-state index in [1.165, 1.54) is 0 Å². The summed E-state index contributed by atoms with van der Waals surface area (Å²) < 4.78 is 0. The molecular weight excluding hydrogens is 228 g/mol. The zero-order valence-electron chi connectivity index (χ0n) is 10.9. The molecule has 0 aromatic carbocycles. The molecule has 3 fully saturated rings. The van der Waals surface area contributed by atoms with Gasteiger partial charge in [0.2, 0.25) is 5.91 Å². The standard InChI is InChI=1S/C14H22N2O2/c17-12-4-2-11(3-5-12)16-8-7-13-10(9-16)1-6-14(18)15-13/h10-11,13H,1-9H2,(H,15,18). The lowest BCUT2D eigenvalue weighted by Gasteiger charge is -2.45. The summed E-state index contributed by atoms with van der Waals surface area (Å²) in [7, 11) is 0. The minimum atomic E-state index is 0.230. The average Bonchev–Trinajstić information content (AvgIpc) is 2.39. The van der Waals surface area contributed by atoms with Crippen LogP contribution in [0.1, 0.15) is 44.9 Å². The molecule has 1 saturated carbocycles. The van der Waals surface area contributed by atoms with E-state index in [0.29, 0.717) is 30.2 Å². The maximum absolute atomic E-state index is 11.4. The van der Waals surface area contributed by atoms with Crippen molar-refractivity contribution in [2.75, 3.05) is 13.1 Å². The maximum atomic E-state index is 11.4. The second-order valence-electron chi connectivity index (χ2n) is 6.03. The van der Waals surface area contributed by atoms with Crippen LogP contribution < -0.4 is 5.32 Å². The van der Waals surface area contributed by atoms with E-state index in [9.17, 15) is 9.59 Å². The summed E-state index contributed by atoms with van der Waals surface area (Å²) in [5.41, 5.74) is 0. The van der Waals surface area contributed by atoms with Gasteiger partial charge in [-0.15, -0.1) is 0 Å². The van der Waals surface area contributed by atoms with E-state index < -0.39 is 0 Å². The highest BCUT2D eigenvalue weighted by molar-refractivity contribution is 5.79. The van der Waals surface area contributed by atoms with Crippen molar-refractivity contribution in [3.05, 3.63) is 0 Å². The Hall–Kier alpha value is -0.900. The van der Waals surface area contributed by atoms with E-state index >= 15 is 0 Å². The summed E-state index contributed by atoms with van der Waals surface area (Å²) in [5, 5.41) is 3.13. The normalized spacial score (nSPS) is 35.1. The number of carbonyl (C=O) groups excluding carboxylic acids is 2. The number of nitrogens with zero attached hydrogens (tertiary/aromatic N) is 1. The first-order valence-corrected chi connectivity index (χ1v) is 7.27. The Morgan fingerprint density at radius 3 is 2.56 bits per heavy atom. The summed E-state index contributed by atoms with van der Waals surface area (Å²) in [6.07, 6.45) is 6.45. The number of hydrogen-bond donors (Lipinski definition) is 1. The quantitative estimate of drug-likeness (QED) is 0.758. The Morgan fingerprint density at radius 1 is 1.00 bits per heavy atom. The zero-order chi connectivity index (χ0) is 12.5. The number of piperidine rings is 2. The molecule has 4 heteroatoms. The molecule has 2 atom stereocenters. The summed E-state index contributed by atoms with van der Waals surface area (Å²) in [6.45, 7) is 2.20. The van der Waals surface area contributed by atoms with Crippen LogP contribution in [0.4, 0.5) is 0 Å². The van der Waals surface area contributed by atoms with Crippen LogP contribution >= 0.6 is 0 Å². The molecule has 0 radical (unpaired) electrons. The molecule has 2 heterocycles. The monoisotopic (exact) mass is 250 g/mol. The molecule has 1 N–H and O–H groups in total. The number of hydrogen-bond acceptors (Lipinski definition) is 3. The number of ketones is 1. The molecule has 1 amide bonds. The zero-order valence-corrected chi connectivity index (χ0v) is 10.9. The van der Waals surface area contributed by atoms with Crippen LogP contribution in [0.5, 0.6) is 0 Å². The van der Waals surface area contributed by atoms with E-state index in [4.69, 9.17) is 0 Å². The predicted octanol–water partition coefficient (Wildman–Crippen LogP) is 1.10. The lowest BCUT2D eigenvalue weighted by Crippen LogP contribution is -2.56. The fraction of sp³-hybridized carbons (Fsp3) is 0.857. The van der Waals surface area contributed by atoms with Gasteiger partial charge >= 0.3 is 0 Å². The molecule has 0 aromatic rings. The Kier molecular flexibility index (Phi) is 3.37. The highest BCUT2D eigenvalue weighted by Gasteiger charge is 2.36. The van der Waals surface area contributed by atoms with Gasteiger partial charge in [0.25, 0.3) is 0 Å². The summed E-state index contributed by atoms with van der Waals surface area (Å²) in [6, 6.07) is 1.02. The third kappa shape index (κ3) is 2.44. The molecule has 4 nitrogen and oxygen atoms in total. The maximum Gasteiger partial charge on any atom is 0.220 e. The lowest BCUT2D eigenvalue weighted by atomic mass is 9.83. The Morgan fingerprint density at radius 2 is 1.78 bits per heavy atom. The lowest BCUT2D eigenvalue weighted by molar-refractivity contribution is -0.126. The Labute approximate surface area is 108 Å². The number of carbonyl (C=O) groups is 2. The fourth-order valence-electron chi connectivity index (χ4n) is 3.76. The first-order valence-electron chi connectivity index (χ1n) is 7.27. The van der Waals surface area contributed by atoms with Gasteiger partial charge in [-0.25, -0.2) is 0 Å². The van der Waals surface area contributed by atoms with Crippen molar-refractivity contribution in [3.63, 3.8) is 0 Å². The third-order valence-corrected chi connectivity index (χ3v) is 4.88. The SMILES string of the molecule is O=C1CCC(N2CCC3NC(=O)CCC3C2)CC1. The van der Waals surface area contributed by atoms with Gasteiger partial charge in [0.15, 0.2) is 0 Å². The minimum absolute atomic E-state index is 0.230. The number of fused-ring (bicyclic) bond motifs is 1. The van der Waals surface area contributed by atoms with Gasteiger partial charge in [-0.1, -0.05) is 0 Å². The number of rotatable bonds is 1. The van der Waals surface area contributed by atoms with Crippen molar-refractivity contribution < 1.29 is 9.59 Å². The van der Waals surface area contributed by atoms with Crippen LogP contribution in [0.15, 0.2) is 0 Å². The highest BCUT2D eigenvalue weighted by atomic mass is 16.1. The second kappa shape index (κ2) is 5.00. The summed E-state index contributed by atoms with van der Waals surface area (Å²) in [4.78, 5) is 25.2. The van der Waals surface area contributed by atoms with E-state index in [2.05, 4.69) is 10.2 Å². The largest absolute Gasteiger partial charge is 0.353 e. The molecule has 2 unspecified atom stereocenters. The smallest absolute Gasteiger partial charge is 0.220 e. The Balaban J connectivity index is 1.57. The molecule has 3 aliphatic rings. The first kappa shape index (κ1) is 12.2. The summed E-state index contributed by atoms with van der Waals surface area (Å²) in [5.74, 6) is 1.30. The van der Waals surface area contributed by atoms with E-state index in [1.54, 1.807) is 0 Å². The molecule has 0 aromatic heterocycles. The van der Waals surface area contributed by atoms with Crippen LogP contribution in [-0.4, -0.2) is 41.8 Å². The van der Waals surface area contributed by atoms with Crippen molar-refractivity contribution in [1.29, 1.82) is 0 Å². The first-order chi connectivity index (χ1) is 8.72. The molecule has 2 saturated heterocycles. The molecule has 18 heavy (non-hydrogen) atoms. The summed E-state index contributed by atoms with van der Waals surface area (Å²) >= 11 is 0. The molecule has 3 rings (SSSR count). The number of nitrogens with one attached hydrogen (secondary N) is 1. The van der Waals surface area contributed by atoms with Crippen molar-refractivity contribution in [2.45, 2.75) is 57.0 Å². The van der Waals surface area contributed by atoms with Crippen molar-refractivity contribution >= 4 is 11.7 Å². The van der Waals surface area contributed by atoms with Gasteiger partial charge in [0, 0.05) is 44.4 Å². The Bertz CT molecular complexity index is 343. The van der Waals surface area contributed by atoms with Crippen LogP contribution in [0.3, 0.4) is 0 Å². The predicted molar refractivity (Wildman–Crippen MR) is 68.1 cm³/mol. The number of Topliss-reactive ketones (excluding diaryl/α,β-unsaturated/α-hetero) is 1.